The molecule has 0 saturated carbocycles. The third kappa shape index (κ3) is 3.37. The first-order valence-electron chi connectivity index (χ1n) is 8.76. The van der Waals surface area contributed by atoms with E-state index >= 15 is 0 Å². The number of rotatable bonds is 3. The molecule has 0 N–H and O–H groups in total. The molecule has 3 aromatic rings. The highest BCUT2D eigenvalue weighted by atomic mass is 16.6. The van der Waals surface area contributed by atoms with Crippen LogP contribution in [0.3, 0.4) is 0 Å². The Balaban J connectivity index is 1.73. The van der Waals surface area contributed by atoms with Crippen LogP contribution in [0.25, 0.3) is 11.1 Å². The Labute approximate surface area is 165 Å². The Hall–Kier alpha value is -4.25. The minimum absolute atomic E-state index is 0.145. The summed E-state index contributed by atoms with van der Waals surface area (Å²) in [7, 11) is 0. The number of fused-ring (bicyclic) bond motifs is 1. The van der Waals surface area contributed by atoms with Crippen LogP contribution < -0.4 is 9.64 Å². The molecule has 0 aliphatic carbocycles. The summed E-state index contributed by atoms with van der Waals surface area (Å²) in [4.78, 5) is 29.3. The van der Waals surface area contributed by atoms with Crippen LogP contribution in [0.5, 0.6) is 5.75 Å². The van der Waals surface area contributed by atoms with Crippen LogP contribution in [0.2, 0.25) is 0 Å². The largest absolute Gasteiger partial charge is 0.489 e. The van der Waals surface area contributed by atoms with Gasteiger partial charge in [-0.2, -0.15) is 5.26 Å². The van der Waals surface area contributed by atoms with Crippen molar-refractivity contribution in [3.8, 4) is 22.9 Å². The number of hydrogen-bond donors (Lipinski definition) is 0. The van der Waals surface area contributed by atoms with Crippen molar-refractivity contribution in [1.29, 1.82) is 5.26 Å². The van der Waals surface area contributed by atoms with Crippen molar-refractivity contribution in [3.63, 3.8) is 0 Å². The van der Waals surface area contributed by atoms with E-state index in [0.717, 1.165) is 5.56 Å². The Bertz CT molecular complexity index is 1150. The van der Waals surface area contributed by atoms with Gasteiger partial charge in [0.1, 0.15) is 12.3 Å². The number of amides is 1. The van der Waals surface area contributed by atoms with Crippen LogP contribution in [-0.2, 0) is 0 Å². The van der Waals surface area contributed by atoms with E-state index in [2.05, 4.69) is 11.1 Å². The van der Waals surface area contributed by atoms with Gasteiger partial charge in [0.25, 0.3) is 11.6 Å². The van der Waals surface area contributed by atoms with Gasteiger partial charge in [0.05, 0.1) is 29.3 Å². The van der Waals surface area contributed by atoms with Gasteiger partial charge in [0, 0.05) is 29.5 Å². The van der Waals surface area contributed by atoms with Crippen molar-refractivity contribution >= 4 is 17.3 Å². The van der Waals surface area contributed by atoms with Crippen molar-refractivity contribution in [2.45, 2.75) is 0 Å². The molecule has 1 aliphatic rings. The van der Waals surface area contributed by atoms with Crippen molar-refractivity contribution in [3.05, 3.63) is 82.2 Å². The normalized spacial score (nSPS) is 12.4. The van der Waals surface area contributed by atoms with Crippen molar-refractivity contribution in [1.82, 2.24) is 4.98 Å². The van der Waals surface area contributed by atoms with E-state index in [1.165, 1.54) is 29.3 Å². The zero-order valence-corrected chi connectivity index (χ0v) is 15.1. The number of nitrogens with zero attached hydrogens (tertiary/aromatic N) is 4. The van der Waals surface area contributed by atoms with Crippen molar-refractivity contribution in [2.75, 3.05) is 18.1 Å². The number of nitro groups is 1. The molecule has 0 saturated heterocycles. The lowest BCUT2D eigenvalue weighted by atomic mass is 10.0. The van der Waals surface area contributed by atoms with Crippen LogP contribution in [0.4, 0.5) is 11.4 Å². The zero-order chi connectivity index (χ0) is 20.4. The van der Waals surface area contributed by atoms with Gasteiger partial charge in [0.15, 0.2) is 5.75 Å². The summed E-state index contributed by atoms with van der Waals surface area (Å²) in [6.45, 7) is 0.577. The minimum atomic E-state index is -0.533. The third-order valence-electron chi connectivity index (χ3n) is 4.60. The van der Waals surface area contributed by atoms with Crippen molar-refractivity contribution in [2.24, 2.45) is 0 Å². The number of benzene rings is 2. The Kier molecular flexibility index (Phi) is 4.63. The van der Waals surface area contributed by atoms with Crippen LogP contribution in [0, 0.1) is 21.4 Å². The molecule has 0 spiro atoms. The predicted molar refractivity (Wildman–Crippen MR) is 105 cm³/mol. The molecule has 0 fully saturated rings. The molecule has 2 aromatic carbocycles. The first kappa shape index (κ1) is 18.1. The zero-order valence-electron chi connectivity index (χ0n) is 15.1. The summed E-state index contributed by atoms with van der Waals surface area (Å²) in [5, 5.41) is 20.0. The number of nitriles is 1. The molecule has 8 heteroatoms. The van der Waals surface area contributed by atoms with Gasteiger partial charge in [-0.3, -0.25) is 19.9 Å². The summed E-state index contributed by atoms with van der Waals surface area (Å²) in [6.07, 6.45) is 3.18. The molecule has 0 atom stereocenters. The average molecular weight is 386 g/mol. The lowest BCUT2D eigenvalue weighted by Crippen LogP contribution is -2.38. The summed E-state index contributed by atoms with van der Waals surface area (Å²) < 4.78 is 5.84. The summed E-state index contributed by atoms with van der Waals surface area (Å²) >= 11 is 0. The fraction of sp³-hybridized carbons (Fsp3) is 0.0952. The van der Waals surface area contributed by atoms with Crippen LogP contribution in [-0.4, -0.2) is 29.0 Å². The molecule has 8 nitrogen and oxygen atoms in total. The Morgan fingerprint density at radius 3 is 2.72 bits per heavy atom. The first-order chi connectivity index (χ1) is 14.1. The lowest BCUT2D eigenvalue weighted by molar-refractivity contribution is -0.384. The molecule has 1 aliphatic heterocycles. The van der Waals surface area contributed by atoms with Gasteiger partial charge in [-0.15, -0.1) is 0 Å². The molecule has 142 valence electrons. The standard InChI is InChI=1S/C21H14N4O4/c22-11-14-4-6-15(7-5-14)18-12-23-13-19-20(18)29-9-8-24(19)21(26)16-2-1-3-17(10-16)25(27)28/h1-7,10,12-13H,8-9H2. The van der Waals surface area contributed by atoms with Gasteiger partial charge in [-0.05, 0) is 23.8 Å². The fourth-order valence-electron chi connectivity index (χ4n) is 3.19. The van der Waals surface area contributed by atoms with E-state index in [4.69, 9.17) is 10.00 Å². The van der Waals surface area contributed by atoms with E-state index in [1.807, 2.05) is 0 Å². The van der Waals surface area contributed by atoms with E-state index < -0.39 is 4.92 Å². The SMILES string of the molecule is N#Cc1ccc(-c2cncc3c2OCCN3C(=O)c2cccc([N+](=O)[O-])c2)cc1. The predicted octanol–water partition coefficient (Wildman–Crippen LogP) is 3.57. The van der Waals surface area contributed by atoms with Crippen LogP contribution in [0.15, 0.2) is 60.9 Å². The number of carbonyl (C=O) groups is 1. The van der Waals surface area contributed by atoms with Crippen molar-refractivity contribution < 1.29 is 14.5 Å². The lowest BCUT2D eigenvalue weighted by Gasteiger charge is -2.30. The average Bonchev–Trinajstić information content (AvgIpc) is 2.78. The van der Waals surface area contributed by atoms with E-state index in [1.54, 1.807) is 36.5 Å². The molecule has 0 radical (unpaired) electrons. The third-order valence-corrected chi connectivity index (χ3v) is 4.60. The molecular formula is C21H14N4O4. The van der Waals surface area contributed by atoms with Gasteiger partial charge >= 0.3 is 0 Å². The van der Waals surface area contributed by atoms with Gasteiger partial charge in [0.2, 0.25) is 0 Å². The van der Waals surface area contributed by atoms with E-state index in [-0.39, 0.29) is 23.8 Å². The number of carbonyl (C=O) groups excluding carboxylic acids is 1. The van der Waals surface area contributed by atoms with E-state index in [9.17, 15) is 14.9 Å². The summed E-state index contributed by atoms with van der Waals surface area (Å²) in [5.74, 6) is 0.145. The van der Waals surface area contributed by atoms with E-state index in [0.29, 0.717) is 29.1 Å². The number of nitro benzene ring substituents is 1. The molecule has 0 bridgehead atoms. The van der Waals surface area contributed by atoms with Gasteiger partial charge in [-0.1, -0.05) is 18.2 Å². The van der Waals surface area contributed by atoms with Gasteiger partial charge < -0.3 is 9.64 Å². The molecule has 2 heterocycles. The number of hydrogen-bond acceptors (Lipinski definition) is 6. The number of non-ortho nitro benzene ring substituents is 1. The molecule has 1 amide bonds. The number of pyridine rings is 1. The smallest absolute Gasteiger partial charge is 0.270 e. The van der Waals surface area contributed by atoms with Gasteiger partial charge in [-0.25, -0.2) is 0 Å². The Morgan fingerprint density at radius 1 is 1.21 bits per heavy atom. The number of anilines is 1. The maximum Gasteiger partial charge on any atom is 0.270 e. The first-order valence-corrected chi connectivity index (χ1v) is 8.76. The Morgan fingerprint density at radius 2 is 2.00 bits per heavy atom. The molecule has 29 heavy (non-hydrogen) atoms. The minimum Gasteiger partial charge on any atom is -0.489 e. The second kappa shape index (κ2) is 7.40. The summed E-state index contributed by atoms with van der Waals surface area (Å²) in [5.41, 5.74) is 2.61. The molecule has 1 aromatic heterocycles. The highest BCUT2D eigenvalue weighted by Gasteiger charge is 2.28. The van der Waals surface area contributed by atoms with Crippen LogP contribution in [0.1, 0.15) is 15.9 Å². The number of aromatic nitrogens is 1. The van der Waals surface area contributed by atoms with Crippen LogP contribution >= 0.6 is 0 Å². The molecular weight excluding hydrogens is 372 g/mol. The molecule has 0 unspecified atom stereocenters. The maximum absolute atomic E-state index is 13.1. The topological polar surface area (TPSA) is 109 Å². The highest BCUT2D eigenvalue weighted by molar-refractivity contribution is 6.08. The molecule has 4 rings (SSSR count). The maximum atomic E-state index is 13.1. The second-order valence-corrected chi connectivity index (χ2v) is 6.34. The monoisotopic (exact) mass is 386 g/mol. The summed E-state index contributed by atoms with van der Waals surface area (Å²) in [6, 6.07) is 14.7. The second-order valence-electron chi connectivity index (χ2n) is 6.34. The number of ether oxygens (including phenoxy) is 1. The highest BCUT2D eigenvalue weighted by Crippen LogP contribution is 2.40. The fourth-order valence-corrected chi connectivity index (χ4v) is 3.19. The quantitative estimate of drug-likeness (QED) is 0.503.